The van der Waals surface area contributed by atoms with Crippen molar-refractivity contribution >= 4 is 12.0 Å². The second-order valence-corrected chi connectivity index (χ2v) is 6.97. The largest absolute Gasteiger partial charge is 0.503 e. The van der Waals surface area contributed by atoms with Gasteiger partial charge in [-0.25, -0.2) is 0 Å². The first kappa shape index (κ1) is 18.2. The number of benzene rings is 1. The van der Waals surface area contributed by atoms with Crippen molar-refractivity contribution in [1.29, 1.82) is 0 Å². The fraction of sp³-hybridized carbons (Fsp3) is 0.400. The Bertz CT molecular complexity index is 867. The fourth-order valence-electron chi connectivity index (χ4n) is 3.59. The SMILES string of the molecule is Cc1nn(C)c(C)c1CCN1CCc2cc(C=C(O)C(N)=O)ccc2C1. The Morgan fingerprint density at radius 3 is 2.77 bits per heavy atom. The van der Waals surface area contributed by atoms with Crippen LogP contribution in [0.3, 0.4) is 0 Å². The Morgan fingerprint density at radius 1 is 1.35 bits per heavy atom. The molecule has 0 spiro atoms. The van der Waals surface area contributed by atoms with Crippen LogP contribution in [-0.4, -0.2) is 38.8 Å². The molecule has 2 heterocycles. The summed E-state index contributed by atoms with van der Waals surface area (Å²) >= 11 is 0. The number of amides is 1. The van der Waals surface area contributed by atoms with Crippen LogP contribution in [0.25, 0.3) is 6.08 Å². The summed E-state index contributed by atoms with van der Waals surface area (Å²) in [6.07, 6.45) is 3.39. The van der Waals surface area contributed by atoms with Gasteiger partial charge >= 0.3 is 0 Å². The van der Waals surface area contributed by atoms with Crippen molar-refractivity contribution in [3.05, 3.63) is 57.6 Å². The number of hydrogen-bond acceptors (Lipinski definition) is 4. The molecule has 138 valence electrons. The summed E-state index contributed by atoms with van der Waals surface area (Å²) in [5.41, 5.74) is 12.1. The van der Waals surface area contributed by atoms with Crippen LogP contribution in [0.1, 0.15) is 33.6 Å². The predicted molar refractivity (Wildman–Crippen MR) is 102 cm³/mol. The van der Waals surface area contributed by atoms with Crippen LogP contribution in [0.4, 0.5) is 0 Å². The van der Waals surface area contributed by atoms with Gasteiger partial charge in [0.15, 0.2) is 5.76 Å². The maximum absolute atomic E-state index is 11.0. The summed E-state index contributed by atoms with van der Waals surface area (Å²) in [6, 6.07) is 6.01. The minimum atomic E-state index is -0.810. The van der Waals surface area contributed by atoms with Gasteiger partial charge in [-0.2, -0.15) is 5.10 Å². The standard InChI is InChI=1S/C20H26N4O2/c1-13-18(14(2)23(3)22-13)7-9-24-8-6-16-10-15(4-5-17(16)12-24)11-19(25)20(21)26/h4-5,10-11,25H,6-9,12H2,1-3H3,(H2,21,26). The number of aliphatic hydroxyl groups excluding tert-OH is 1. The van der Waals surface area contributed by atoms with Gasteiger partial charge in [0.1, 0.15) is 0 Å². The number of nitrogens with two attached hydrogens (primary N) is 1. The molecule has 0 atom stereocenters. The number of rotatable bonds is 5. The molecule has 6 heteroatoms. The number of primary amides is 1. The van der Waals surface area contributed by atoms with E-state index >= 15 is 0 Å². The lowest BCUT2D eigenvalue weighted by Crippen LogP contribution is -2.32. The number of carbonyl (C=O) groups is 1. The molecule has 6 nitrogen and oxygen atoms in total. The molecular formula is C20H26N4O2. The molecule has 1 aliphatic rings. The summed E-state index contributed by atoms with van der Waals surface area (Å²) in [7, 11) is 1.99. The molecule has 3 rings (SSSR count). The zero-order valence-electron chi connectivity index (χ0n) is 15.6. The molecule has 0 aliphatic carbocycles. The first-order chi connectivity index (χ1) is 12.3. The third-order valence-corrected chi connectivity index (χ3v) is 5.21. The number of aliphatic hydroxyl groups is 1. The maximum atomic E-state index is 11.0. The van der Waals surface area contributed by atoms with E-state index in [4.69, 9.17) is 5.73 Å². The molecule has 0 bridgehead atoms. The lowest BCUT2D eigenvalue weighted by atomic mass is 9.96. The van der Waals surface area contributed by atoms with Crippen LogP contribution in [0, 0.1) is 13.8 Å². The molecule has 0 unspecified atom stereocenters. The molecule has 26 heavy (non-hydrogen) atoms. The molecule has 2 aromatic rings. The van der Waals surface area contributed by atoms with Gasteiger partial charge in [-0.15, -0.1) is 0 Å². The molecule has 1 aromatic heterocycles. The molecule has 1 aromatic carbocycles. The molecule has 1 amide bonds. The quantitative estimate of drug-likeness (QED) is 0.635. The van der Waals surface area contributed by atoms with Crippen molar-refractivity contribution in [3.63, 3.8) is 0 Å². The maximum Gasteiger partial charge on any atom is 0.283 e. The van der Waals surface area contributed by atoms with E-state index in [2.05, 4.69) is 29.9 Å². The Labute approximate surface area is 153 Å². The van der Waals surface area contributed by atoms with Crippen LogP contribution < -0.4 is 5.73 Å². The van der Waals surface area contributed by atoms with Crippen molar-refractivity contribution in [2.24, 2.45) is 12.8 Å². The second kappa shape index (κ2) is 7.33. The van der Waals surface area contributed by atoms with E-state index in [1.807, 2.05) is 23.9 Å². The Kier molecular flexibility index (Phi) is 5.13. The summed E-state index contributed by atoms with van der Waals surface area (Å²) in [5, 5.41) is 14.0. The van der Waals surface area contributed by atoms with Gasteiger partial charge < -0.3 is 10.8 Å². The van der Waals surface area contributed by atoms with Crippen molar-refractivity contribution < 1.29 is 9.90 Å². The highest BCUT2D eigenvalue weighted by Gasteiger charge is 2.18. The Balaban J connectivity index is 1.66. The van der Waals surface area contributed by atoms with E-state index in [0.717, 1.165) is 43.7 Å². The van der Waals surface area contributed by atoms with Crippen molar-refractivity contribution in [3.8, 4) is 0 Å². The van der Waals surface area contributed by atoms with E-state index in [-0.39, 0.29) is 0 Å². The van der Waals surface area contributed by atoms with Gasteiger partial charge in [0.25, 0.3) is 5.91 Å². The van der Waals surface area contributed by atoms with Gasteiger partial charge in [-0.1, -0.05) is 18.2 Å². The molecule has 0 saturated carbocycles. The Morgan fingerprint density at radius 2 is 2.12 bits per heavy atom. The van der Waals surface area contributed by atoms with Crippen molar-refractivity contribution in [2.45, 2.75) is 33.2 Å². The normalized spacial score (nSPS) is 15.1. The molecule has 0 radical (unpaired) electrons. The van der Waals surface area contributed by atoms with E-state index in [9.17, 15) is 9.90 Å². The van der Waals surface area contributed by atoms with Crippen LogP contribution >= 0.6 is 0 Å². The highest BCUT2D eigenvalue weighted by molar-refractivity contribution is 5.94. The average molecular weight is 354 g/mol. The van der Waals surface area contributed by atoms with Gasteiger partial charge in [0.2, 0.25) is 0 Å². The topological polar surface area (TPSA) is 84.4 Å². The van der Waals surface area contributed by atoms with Gasteiger partial charge in [-0.3, -0.25) is 14.4 Å². The predicted octanol–water partition coefficient (Wildman–Crippen LogP) is 2.02. The Hall–Kier alpha value is -2.60. The highest BCUT2D eigenvalue weighted by atomic mass is 16.3. The number of fused-ring (bicyclic) bond motifs is 1. The van der Waals surface area contributed by atoms with E-state index in [0.29, 0.717) is 0 Å². The molecular weight excluding hydrogens is 328 g/mol. The molecule has 0 fully saturated rings. The zero-order valence-corrected chi connectivity index (χ0v) is 15.6. The van der Waals surface area contributed by atoms with Crippen LogP contribution in [0.2, 0.25) is 0 Å². The minimum absolute atomic E-state index is 0.412. The smallest absolute Gasteiger partial charge is 0.283 e. The van der Waals surface area contributed by atoms with Crippen LogP contribution in [0.15, 0.2) is 24.0 Å². The third-order valence-electron chi connectivity index (χ3n) is 5.21. The van der Waals surface area contributed by atoms with Gasteiger partial charge in [0, 0.05) is 32.4 Å². The van der Waals surface area contributed by atoms with Crippen LogP contribution in [0.5, 0.6) is 0 Å². The number of nitrogens with zero attached hydrogens (tertiary/aromatic N) is 3. The fourth-order valence-corrected chi connectivity index (χ4v) is 3.59. The monoisotopic (exact) mass is 354 g/mol. The molecule has 0 saturated heterocycles. The van der Waals surface area contributed by atoms with E-state index in [1.165, 1.54) is 28.5 Å². The van der Waals surface area contributed by atoms with Gasteiger partial charge in [-0.05, 0) is 55.0 Å². The average Bonchev–Trinajstić information content (AvgIpc) is 2.85. The summed E-state index contributed by atoms with van der Waals surface area (Å²) in [6.45, 7) is 7.12. The van der Waals surface area contributed by atoms with Gasteiger partial charge in [0.05, 0.1) is 5.69 Å². The number of aromatic nitrogens is 2. The number of hydrogen-bond donors (Lipinski definition) is 2. The minimum Gasteiger partial charge on any atom is -0.503 e. The number of aryl methyl sites for hydroxylation is 2. The lowest BCUT2D eigenvalue weighted by Gasteiger charge is -2.29. The van der Waals surface area contributed by atoms with Crippen LogP contribution in [-0.2, 0) is 31.2 Å². The van der Waals surface area contributed by atoms with Crippen molar-refractivity contribution in [2.75, 3.05) is 13.1 Å². The highest BCUT2D eigenvalue weighted by Crippen LogP contribution is 2.22. The lowest BCUT2D eigenvalue weighted by molar-refractivity contribution is -0.116. The summed E-state index contributed by atoms with van der Waals surface area (Å²) in [5.74, 6) is -1.22. The van der Waals surface area contributed by atoms with E-state index < -0.39 is 11.7 Å². The second-order valence-electron chi connectivity index (χ2n) is 6.97. The summed E-state index contributed by atoms with van der Waals surface area (Å²) in [4.78, 5) is 13.4. The molecule has 3 N–H and O–H groups in total. The van der Waals surface area contributed by atoms with E-state index in [1.54, 1.807) is 0 Å². The summed E-state index contributed by atoms with van der Waals surface area (Å²) < 4.78 is 1.95. The first-order valence-electron chi connectivity index (χ1n) is 8.89. The molecule has 1 aliphatic heterocycles. The third kappa shape index (κ3) is 3.80. The zero-order chi connectivity index (χ0) is 18.8. The number of carbonyl (C=O) groups excluding carboxylic acids is 1. The first-order valence-corrected chi connectivity index (χ1v) is 8.89. The van der Waals surface area contributed by atoms with Crippen molar-refractivity contribution in [1.82, 2.24) is 14.7 Å².